The molecule has 0 bridgehead atoms. The summed E-state index contributed by atoms with van der Waals surface area (Å²) in [7, 11) is 1.47. The number of carbonyl (C=O) groups is 1. The van der Waals surface area contributed by atoms with E-state index in [1.165, 1.54) is 31.1 Å². The molecule has 0 saturated heterocycles. The second-order valence-corrected chi connectivity index (χ2v) is 6.88. The number of methoxy groups -OCH3 is 1. The number of carbonyl (C=O) groups excluding carboxylic acids is 1. The molecule has 1 rings (SSSR count). The van der Waals surface area contributed by atoms with Gasteiger partial charge in [0.25, 0.3) is 0 Å². The molecule has 0 aromatic rings. The van der Waals surface area contributed by atoms with E-state index in [2.05, 4.69) is 45.1 Å². The Balaban J connectivity index is 2.80. The molecule has 0 aromatic carbocycles. The minimum atomic E-state index is -0.118. The Morgan fingerprint density at radius 1 is 1.14 bits per heavy atom. The van der Waals surface area contributed by atoms with Gasteiger partial charge in [0.15, 0.2) is 0 Å². The molecular weight excluding hydrogens is 272 g/mol. The molecule has 0 fully saturated rings. The van der Waals surface area contributed by atoms with Crippen molar-refractivity contribution in [3.05, 3.63) is 35.5 Å². The molecule has 22 heavy (non-hydrogen) atoms. The number of esters is 1. The van der Waals surface area contributed by atoms with Crippen LogP contribution in [0.25, 0.3) is 0 Å². The molecular formula is C20H32O2. The average molecular weight is 304 g/mol. The van der Waals surface area contributed by atoms with Crippen molar-refractivity contribution in [2.45, 2.75) is 72.1 Å². The molecule has 0 heterocycles. The summed E-state index contributed by atoms with van der Waals surface area (Å²) in [6, 6.07) is 0. The highest BCUT2D eigenvalue weighted by atomic mass is 16.5. The molecule has 2 nitrogen and oxygen atoms in total. The number of allylic oxidation sites excluding steroid dienone is 6. The number of hydrogen-bond acceptors (Lipinski definition) is 2. The first-order valence-electron chi connectivity index (χ1n) is 8.51. The lowest BCUT2D eigenvalue weighted by Crippen LogP contribution is -2.19. The Hall–Kier alpha value is -1.31. The van der Waals surface area contributed by atoms with Crippen LogP contribution in [0.5, 0.6) is 0 Å². The molecule has 0 N–H and O–H groups in total. The van der Waals surface area contributed by atoms with E-state index in [-0.39, 0.29) is 11.4 Å². The van der Waals surface area contributed by atoms with Crippen LogP contribution < -0.4 is 0 Å². The molecule has 0 radical (unpaired) electrons. The van der Waals surface area contributed by atoms with Crippen LogP contribution in [0.2, 0.25) is 0 Å². The van der Waals surface area contributed by atoms with Gasteiger partial charge in [0.2, 0.25) is 0 Å². The van der Waals surface area contributed by atoms with Gasteiger partial charge >= 0.3 is 5.97 Å². The van der Waals surface area contributed by atoms with Gasteiger partial charge in [-0.3, -0.25) is 4.79 Å². The number of ether oxygens (including phenoxy) is 1. The predicted molar refractivity (Wildman–Crippen MR) is 93.7 cm³/mol. The van der Waals surface area contributed by atoms with Gasteiger partial charge in [-0.05, 0) is 64.2 Å². The molecule has 1 aliphatic rings. The highest BCUT2D eigenvalue weighted by Crippen LogP contribution is 2.31. The normalized spacial score (nSPS) is 31.1. The van der Waals surface area contributed by atoms with Gasteiger partial charge in [-0.15, -0.1) is 0 Å². The van der Waals surface area contributed by atoms with E-state index in [1.807, 2.05) is 0 Å². The van der Waals surface area contributed by atoms with Crippen LogP contribution in [-0.4, -0.2) is 13.1 Å². The van der Waals surface area contributed by atoms with Gasteiger partial charge < -0.3 is 4.74 Å². The lowest BCUT2D eigenvalue weighted by Gasteiger charge is -2.24. The Morgan fingerprint density at radius 2 is 1.82 bits per heavy atom. The smallest absolute Gasteiger partial charge is 0.306 e. The molecule has 124 valence electrons. The summed E-state index contributed by atoms with van der Waals surface area (Å²) >= 11 is 0. The Bertz CT molecular complexity index is 443. The standard InChI is InChI=1S/C20H32O2/c1-17-10-6-5-7-14-20(3,16-19(21)22-4)15-9-13-18(2)12-8-11-17/h7,11,13-14H,5-6,8-10,12,15-16H2,1-4H3/b14-7+,17-11+,18-13+. The van der Waals surface area contributed by atoms with E-state index < -0.39 is 0 Å². The molecule has 1 atom stereocenters. The maximum Gasteiger partial charge on any atom is 0.306 e. The lowest BCUT2D eigenvalue weighted by atomic mass is 9.81. The summed E-state index contributed by atoms with van der Waals surface area (Å²) in [5, 5.41) is 0. The Morgan fingerprint density at radius 3 is 2.55 bits per heavy atom. The van der Waals surface area contributed by atoms with Crippen LogP contribution in [0, 0.1) is 5.41 Å². The third kappa shape index (κ3) is 7.63. The minimum absolute atomic E-state index is 0.0983. The zero-order valence-corrected chi connectivity index (χ0v) is 14.8. The van der Waals surface area contributed by atoms with Crippen molar-refractivity contribution in [3.63, 3.8) is 0 Å². The summed E-state index contributed by atoms with van der Waals surface area (Å²) in [5.74, 6) is -0.118. The maximum atomic E-state index is 11.7. The van der Waals surface area contributed by atoms with E-state index in [9.17, 15) is 4.79 Å². The van der Waals surface area contributed by atoms with Crippen LogP contribution in [0.4, 0.5) is 0 Å². The van der Waals surface area contributed by atoms with Crippen LogP contribution in [0.15, 0.2) is 35.5 Å². The highest BCUT2D eigenvalue weighted by molar-refractivity contribution is 5.70. The van der Waals surface area contributed by atoms with Gasteiger partial charge in [-0.2, -0.15) is 0 Å². The second-order valence-electron chi connectivity index (χ2n) is 6.88. The van der Waals surface area contributed by atoms with Gasteiger partial charge in [0.1, 0.15) is 0 Å². The molecule has 1 aliphatic carbocycles. The quantitative estimate of drug-likeness (QED) is 0.479. The van der Waals surface area contributed by atoms with Gasteiger partial charge in [-0.25, -0.2) is 0 Å². The number of rotatable bonds is 2. The van der Waals surface area contributed by atoms with E-state index in [1.54, 1.807) is 0 Å². The summed E-state index contributed by atoms with van der Waals surface area (Å²) in [6.07, 6.45) is 17.4. The van der Waals surface area contributed by atoms with Crippen molar-refractivity contribution in [1.82, 2.24) is 0 Å². The summed E-state index contributed by atoms with van der Waals surface area (Å²) in [5.41, 5.74) is 2.85. The molecule has 0 spiro atoms. The van der Waals surface area contributed by atoms with Crippen molar-refractivity contribution in [3.8, 4) is 0 Å². The zero-order chi connectivity index (χ0) is 16.4. The first-order chi connectivity index (χ1) is 10.4. The monoisotopic (exact) mass is 304 g/mol. The largest absolute Gasteiger partial charge is 0.469 e. The predicted octanol–water partition coefficient (Wildman–Crippen LogP) is 5.75. The summed E-state index contributed by atoms with van der Waals surface area (Å²) < 4.78 is 4.87. The van der Waals surface area contributed by atoms with Crippen molar-refractivity contribution in [2.75, 3.05) is 7.11 Å². The van der Waals surface area contributed by atoms with E-state index in [0.717, 1.165) is 32.1 Å². The average Bonchev–Trinajstić information content (AvgIpc) is 2.46. The fraction of sp³-hybridized carbons (Fsp3) is 0.650. The molecule has 2 heteroatoms. The SMILES string of the molecule is COC(=O)CC1(C)/C=C/CCC/C(C)=C/CC/C(C)=C/CC1. The molecule has 0 aliphatic heterocycles. The number of hydrogen-bond donors (Lipinski definition) is 0. The fourth-order valence-electron chi connectivity index (χ4n) is 2.90. The van der Waals surface area contributed by atoms with Crippen molar-refractivity contribution in [2.24, 2.45) is 5.41 Å². The molecule has 0 aromatic heterocycles. The van der Waals surface area contributed by atoms with Crippen LogP contribution >= 0.6 is 0 Å². The van der Waals surface area contributed by atoms with Crippen LogP contribution in [-0.2, 0) is 9.53 Å². The van der Waals surface area contributed by atoms with Crippen molar-refractivity contribution >= 4 is 5.97 Å². The molecule has 1 unspecified atom stereocenters. The van der Waals surface area contributed by atoms with Gasteiger partial charge in [0.05, 0.1) is 13.5 Å². The summed E-state index contributed by atoms with van der Waals surface area (Å²) in [4.78, 5) is 11.7. The Kier molecular flexibility index (Phi) is 8.22. The maximum absolute atomic E-state index is 11.7. The van der Waals surface area contributed by atoms with Gasteiger partial charge in [-0.1, -0.05) is 42.4 Å². The first-order valence-corrected chi connectivity index (χ1v) is 8.51. The Labute approximate surface area is 136 Å². The summed E-state index contributed by atoms with van der Waals surface area (Å²) in [6.45, 7) is 6.61. The van der Waals surface area contributed by atoms with Crippen molar-refractivity contribution in [1.29, 1.82) is 0 Å². The van der Waals surface area contributed by atoms with E-state index in [4.69, 9.17) is 4.74 Å². The highest BCUT2D eigenvalue weighted by Gasteiger charge is 2.24. The first kappa shape index (κ1) is 18.7. The third-order valence-electron chi connectivity index (χ3n) is 4.48. The van der Waals surface area contributed by atoms with E-state index in [0.29, 0.717) is 6.42 Å². The van der Waals surface area contributed by atoms with Gasteiger partial charge in [0, 0.05) is 0 Å². The van der Waals surface area contributed by atoms with E-state index >= 15 is 0 Å². The van der Waals surface area contributed by atoms with Crippen LogP contribution in [0.3, 0.4) is 0 Å². The minimum Gasteiger partial charge on any atom is -0.469 e. The molecule has 0 amide bonds. The second kappa shape index (κ2) is 9.66. The zero-order valence-electron chi connectivity index (χ0n) is 14.8. The third-order valence-corrected chi connectivity index (χ3v) is 4.48. The fourth-order valence-corrected chi connectivity index (χ4v) is 2.90. The van der Waals surface area contributed by atoms with Crippen LogP contribution in [0.1, 0.15) is 72.1 Å². The molecule has 0 saturated carbocycles. The lowest BCUT2D eigenvalue weighted by molar-refractivity contribution is -0.142. The van der Waals surface area contributed by atoms with Crippen molar-refractivity contribution < 1.29 is 9.53 Å². The topological polar surface area (TPSA) is 26.3 Å².